The van der Waals surface area contributed by atoms with E-state index in [2.05, 4.69) is 25.2 Å². The minimum atomic E-state index is -0.369. The molecule has 0 unspecified atom stereocenters. The molecule has 9 heteroatoms. The number of hydrogen-bond donors (Lipinski definition) is 1. The molecule has 28 heavy (non-hydrogen) atoms. The molecule has 0 bridgehead atoms. The first kappa shape index (κ1) is 16.4. The van der Waals surface area contributed by atoms with Gasteiger partial charge >= 0.3 is 0 Å². The molecule has 1 fully saturated rings. The van der Waals surface area contributed by atoms with E-state index in [9.17, 15) is 9.59 Å². The number of nitrogens with one attached hydrogen (secondary N) is 1. The second kappa shape index (κ2) is 6.45. The van der Waals surface area contributed by atoms with Gasteiger partial charge < -0.3 is 9.80 Å². The van der Waals surface area contributed by atoms with Crippen LogP contribution in [0.15, 0.2) is 53.5 Å². The number of amides is 1. The fraction of sp³-hybridized carbons (Fsp3) is 0.211. The summed E-state index contributed by atoms with van der Waals surface area (Å²) >= 11 is 0. The van der Waals surface area contributed by atoms with Gasteiger partial charge in [-0.05, 0) is 24.3 Å². The highest BCUT2D eigenvalue weighted by Gasteiger charge is 2.27. The topological polar surface area (TPSA) is 99.5 Å². The Morgan fingerprint density at radius 3 is 2.57 bits per heavy atom. The van der Waals surface area contributed by atoms with Crippen LogP contribution in [-0.2, 0) is 0 Å². The number of aromatic nitrogens is 5. The zero-order valence-corrected chi connectivity index (χ0v) is 14.9. The van der Waals surface area contributed by atoms with Crippen LogP contribution in [0, 0.1) is 0 Å². The van der Waals surface area contributed by atoms with E-state index in [1.807, 2.05) is 24.3 Å². The maximum atomic E-state index is 13.0. The molecule has 5 rings (SSSR count). The van der Waals surface area contributed by atoms with Crippen molar-refractivity contribution in [1.82, 2.24) is 29.7 Å². The van der Waals surface area contributed by atoms with E-state index in [0.717, 1.165) is 5.82 Å². The lowest BCUT2D eigenvalue weighted by atomic mass is 10.2. The van der Waals surface area contributed by atoms with Gasteiger partial charge in [0, 0.05) is 32.4 Å². The Balaban J connectivity index is 1.43. The zero-order chi connectivity index (χ0) is 19.1. The lowest BCUT2D eigenvalue weighted by molar-refractivity contribution is 0.0742. The number of benzene rings is 1. The number of fused-ring (bicyclic) bond motifs is 3. The molecule has 9 nitrogen and oxygen atoms in total. The van der Waals surface area contributed by atoms with Crippen molar-refractivity contribution in [1.29, 1.82) is 0 Å². The SMILES string of the molecule is O=C(c1n[nH]n2c1nc(=O)c1ccccc12)N1CCN(c2ccccn2)CC1. The van der Waals surface area contributed by atoms with Crippen LogP contribution in [0.25, 0.3) is 16.6 Å². The van der Waals surface area contributed by atoms with Crippen molar-refractivity contribution in [2.24, 2.45) is 0 Å². The number of carbonyl (C=O) groups excluding carboxylic acids is 1. The molecule has 4 heterocycles. The molecule has 0 saturated carbocycles. The molecule has 140 valence electrons. The number of anilines is 1. The molecule has 1 amide bonds. The third kappa shape index (κ3) is 2.59. The highest BCUT2D eigenvalue weighted by Crippen LogP contribution is 2.17. The molecule has 0 aliphatic carbocycles. The van der Waals surface area contributed by atoms with Crippen LogP contribution in [0.5, 0.6) is 0 Å². The molecule has 0 radical (unpaired) electrons. The van der Waals surface area contributed by atoms with E-state index in [-0.39, 0.29) is 22.8 Å². The first-order valence-electron chi connectivity index (χ1n) is 9.03. The maximum absolute atomic E-state index is 13.0. The summed E-state index contributed by atoms with van der Waals surface area (Å²) in [4.78, 5) is 37.7. The predicted octanol–water partition coefficient (Wildman–Crippen LogP) is 0.928. The molecule has 1 aromatic carbocycles. The molecule has 1 saturated heterocycles. The van der Waals surface area contributed by atoms with Gasteiger partial charge in [-0.3, -0.25) is 9.59 Å². The second-order valence-corrected chi connectivity index (χ2v) is 6.62. The average Bonchev–Trinajstić information content (AvgIpc) is 3.18. The minimum absolute atomic E-state index is 0.161. The van der Waals surface area contributed by atoms with Crippen LogP contribution in [0.4, 0.5) is 5.82 Å². The van der Waals surface area contributed by atoms with Crippen LogP contribution >= 0.6 is 0 Å². The molecule has 4 aromatic rings. The van der Waals surface area contributed by atoms with Gasteiger partial charge in [0.15, 0.2) is 11.3 Å². The third-order valence-corrected chi connectivity index (χ3v) is 5.01. The smallest absolute Gasteiger partial charge is 0.281 e. The van der Waals surface area contributed by atoms with Gasteiger partial charge in [0.25, 0.3) is 11.5 Å². The van der Waals surface area contributed by atoms with Crippen LogP contribution in [0.1, 0.15) is 10.5 Å². The molecule has 1 aliphatic heterocycles. The molecule has 0 atom stereocenters. The average molecular weight is 375 g/mol. The lowest BCUT2D eigenvalue weighted by Gasteiger charge is -2.35. The van der Waals surface area contributed by atoms with Crippen LogP contribution in [0.3, 0.4) is 0 Å². The van der Waals surface area contributed by atoms with Gasteiger partial charge in [-0.2, -0.15) is 4.98 Å². The van der Waals surface area contributed by atoms with Crippen LogP contribution < -0.4 is 10.5 Å². The third-order valence-electron chi connectivity index (χ3n) is 5.01. The van der Waals surface area contributed by atoms with Crippen molar-refractivity contribution in [2.75, 3.05) is 31.1 Å². The molecule has 3 aromatic heterocycles. The number of pyridine rings is 1. The molecular weight excluding hydrogens is 358 g/mol. The van der Waals surface area contributed by atoms with Crippen molar-refractivity contribution in [2.45, 2.75) is 0 Å². The van der Waals surface area contributed by atoms with E-state index in [0.29, 0.717) is 37.1 Å². The van der Waals surface area contributed by atoms with E-state index < -0.39 is 0 Å². The Kier molecular flexibility index (Phi) is 3.78. The monoisotopic (exact) mass is 375 g/mol. The van der Waals surface area contributed by atoms with Crippen molar-refractivity contribution >= 4 is 28.3 Å². The van der Waals surface area contributed by atoms with Crippen molar-refractivity contribution in [3.63, 3.8) is 0 Å². The Morgan fingerprint density at radius 2 is 1.79 bits per heavy atom. The summed E-state index contributed by atoms with van der Waals surface area (Å²) in [5.74, 6) is 0.668. The number of aromatic amines is 1. The van der Waals surface area contributed by atoms with Gasteiger partial charge in [0.2, 0.25) is 0 Å². The fourth-order valence-corrected chi connectivity index (χ4v) is 3.55. The number of carbonyl (C=O) groups is 1. The van der Waals surface area contributed by atoms with Gasteiger partial charge in [0.1, 0.15) is 5.82 Å². The zero-order valence-electron chi connectivity index (χ0n) is 14.9. The summed E-state index contributed by atoms with van der Waals surface area (Å²) in [6, 6.07) is 12.9. The van der Waals surface area contributed by atoms with Crippen molar-refractivity contribution < 1.29 is 4.79 Å². The van der Waals surface area contributed by atoms with E-state index in [1.165, 1.54) is 0 Å². The fourth-order valence-electron chi connectivity index (χ4n) is 3.55. The van der Waals surface area contributed by atoms with Gasteiger partial charge in [-0.15, -0.1) is 5.10 Å². The highest BCUT2D eigenvalue weighted by molar-refractivity contribution is 5.98. The normalized spacial score (nSPS) is 14.7. The Labute approximate surface area is 159 Å². The van der Waals surface area contributed by atoms with Crippen molar-refractivity contribution in [3.05, 3.63) is 64.7 Å². The summed E-state index contributed by atoms with van der Waals surface area (Å²) in [5.41, 5.74) is 0.685. The van der Waals surface area contributed by atoms with E-state index in [1.54, 1.807) is 33.8 Å². The maximum Gasteiger partial charge on any atom is 0.281 e. The number of hydrogen-bond acceptors (Lipinski definition) is 6. The Morgan fingerprint density at radius 1 is 1.00 bits per heavy atom. The quantitative estimate of drug-likeness (QED) is 0.560. The summed E-state index contributed by atoms with van der Waals surface area (Å²) < 4.78 is 1.58. The number of nitrogens with zero attached hydrogens (tertiary/aromatic N) is 6. The summed E-state index contributed by atoms with van der Waals surface area (Å²) in [7, 11) is 0. The minimum Gasteiger partial charge on any atom is -0.353 e. The first-order valence-corrected chi connectivity index (χ1v) is 9.03. The van der Waals surface area contributed by atoms with Crippen LogP contribution in [0.2, 0.25) is 0 Å². The molecular formula is C19H17N7O2. The summed E-state index contributed by atoms with van der Waals surface area (Å²) in [6.07, 6.45) is 1.76. The number of piperazine rings is 1. The van der Waals surface area contributed by atoms with Gasteiger partial charge in [0.05, 0.1) is 10.9 Å². The first-order chi connectivity index (χ1) is 13.7. The molecule has 1 N–H and O–H groups in total. The number of rotatable bonds is 2. The number of H-pyrrole nitrogens is 1. The van der Waals surface area contributed by atoms with Gasteiger partial charge in [-0.25, -0.2) is 14.7 Å². The Bertz CT molecular complexity index is 1220. The largest absolute Gasteiger partial charge is 0.353 e. The molecule has 1 aliphatic rings. The van der Waals surface area contributed by atoms with Gasteiger partial charge in [-0.1, -0.05) is 18.2 Å². The number of para-hydroxylation sites is 1. The standard InChI is InChI=1S/C19H17N7O2/c27-18-13-5-1-2-6-14(13)26-17(21-18)16(22-23-26)19(28)25-11-9-24(10-12-25)15-7-3-4-8-20-15/h1-8,23H,9-12H2. The van der Waals surface area contributed by atoms with Crippen LogP contribution in [-0.4, -0.2) is 61.8 Å². The summed E-state index contributed by atoms with van der Waals surface area (Å²) in [6.45, 7) is 2.46. The summed E-state index contributed by atoms with van der Waals surface area (Å²) in [5, 5.41) is 7.45. The van der Waals surface area contributed by atoms with E-state index in [4.69, 9.17) is 0 Å². The van der Waals surface area contributed by atoms with E-state index >= 15 is 0 Å². The predicted molar refractivity (Wildman–Crippen MR) is 103 cm³/mol. The second-order valence-electron chi connectivity index (χ2n) is 6.62. The highest BCUT2D eigenvalue weighted by atomic mass is 16.2. The lowest BCUT2D eigenvalue weighted by Crippen LogP contribution is -2.49. The van der Waals surface area contributed by atoms with Crippen molar-refractivity contribution in [3.8, 4) is 0 Å². The molecule has 0 spiro atoms. The Hall–Kier alpha value is -3.75.